The lowest BCUT2D eigenvalue weighted by molar-refractivity contribution is -0.131. The third-order valence-electron chi connectivity index (χ3n) is 7.70. The Morgan fingerprint density at radius 1 is 1.05 bits per heavy atom. The maximum absolute atomic E-state index is 13.1. The minimum absolute atomic E-state index is 0.0642. The third-order valence-corrected chi connectivity index (χ3v) is 8.82. The average Bonchev–Trinajstić information content (AvgIpc) is 3.29. The summed E-state index contributed by atoms with van der Waals surface area (Å²) in [7, 11) is -3.29. The number of amides is 1. The zero-order valence-electron chi connectivity index (χ0n) is 21.5. The summed E-state index contributed by atoms with van der Waals surface area (Å²) in [4.78, 5) is 26.6. The molecule has 3 heterocycles. The van der Waals surface area contributed by atoms with Gasteiger partial charge < -0.3 is 10.2 Å². The van der Waals surface area contributed by atoms with Gasteiger partial charge in [-0.1, -0.05) is 44.2 Å². The molecule has 1 aromatic carbocycles. The van der Waals surface area contributed by atoms with E-state index in [0.717, 1.165) is 44.2 Å². The zero-order valence-corrected chi connectivity index (χ0v) is 22.3. The molecule has 0 radical (unpaired) electrons. The van der Waals surface area contributed by atoms with Crippen LogP contribution < -0.4 is 5.32 Å². The highest BCUT2D eigenvalue weighted by molar-refractivity contribution is 7.90. The predicted molar refractivity (Wildman–Crippen MR) is 144 cm³/mol. The van der Waals surface area contributed by atoms with Gasteiger partial charge in [-0.05, 0) is 31.0 Å². The third kappa shape index (κ3) is 6.13. The van der Waals surface area contributed by atoms with E-state index < -0.39 is 9.84 Å². The van der Waals surface area contributed by atoms with Gasteiger partial charge in [-0.15, -0.1) is 0 Å². The number of hydrogen-bond donors (Lipinski definition) is 1. The summed E-state index contributed by atoms with van der Waals surface area (Å²) in [5.74, 6) is 1.63. The number of hydrogen-bond acceptors (Lipinski definition) is 7. The number of sulfone groups is 1. The van der Waals surface area contributed by atoms with Crippen LogP contribution in [0.2, 0.25) is 0 Å². The Morgan fingerprint density at radius 3 is 2.49 bits per heavy atom. The fourth-order valence-electron chi connectivity index (χ4n) is 5.47. The number of carbonyl (C=O) groups is 1. The molecule has 9 nitrogen and oxygen atoms in total. The molecule has 0 bridgehead atoms. The number of carbonyl (C=O) groups excluding carboxylic acids is 1. The van der Waals surface area contributed by atoms with E-state index in [1.165, 1.54) is 44.8 Å². The molecule has 10 heteroatoms. The molecule has 2 aliphatic rings. The minimum Gasteiger partial charge on any atom is -0.360 e. The number of benzene rings is 1. The number of nitrogens with one attached hydrogen (secondary N) is 1. The van der Waals surface area contributed by atoms with Crippen molar-refractivity contribution in [2.24, 2.45) is 5.92 Å². The van der Waals surface area contributed by atoms with Crippen molar-refractivity contribution in [1.82, 2.24) is 24.2 Å². The highest BCUT2D eigenvalue weighted by Crippen LogP contribution is 2.29. The second-order valence-corrected chi connectivity index (χ2v) is 12.3. The van der Waals surface area contributed by atoms with E-state index >= 15 is 0 Å². The molecule has 0 spiro atoms. The summed E-state index contributed by atoms with van der Waals surface area (Å²) in [6.07, 6.45) is 14.5. The molecule has 0 unspecified atom stereocenters. The standard InChI is InChI=1S/C27H36N6O3S/c1-37(35,36)23-9-7-22(8-10-23)26-27(33-14-12-28-19-24(33)30-26)29-20-25(34)32-17-15-31(16-18-32)13-11-21-5-3-2-4-6-21/h7-10,12,14,19,21,29H,2-6,11,13,15-18,20H2,1H3. The highest BCUT2D eigenvalue weighted by Gasteiger charge is 2.23. The fraction of sp³-hybridized carbons (Fsp3) is 0.519. The van der Waals surface area contributed by atoms with E-state index in [1.54, 1.807) is 42.9 Å². The normalized spacial score (nSPS) is 17.8. The minimum atomic E-state index is -3.29. The Morgan fingerprint density at radius 2 is 1.78 bits per heavy atom. The van der Waals surface area contributed by atoms with Crippen LogP contribution in [-0.4, -0.2) is 84.0 Å². The van der Waals surface area contributed by atoms with E-state index in [-0.39, 0.29) is 17.3 Å². The molecular weight excluding hydrogens is 488 g/mol. The number of piperazine rings is 1. The van der Waals surface area contributed by atoms with Crippen LogP contribution in [0.15, 0.2) is 47.8 Å². The van der Waals surface area contributed by atoms with Crippen molar-refractivity contribution in [3.05, 3.63) is 42.9 Å². The Labute approximate surface area is 218 Å². The van der Waals surface area contributed by atoms with Crippen molar-refractivity contribution in [2.75, 3.05) is 50.8 Å². The van der Waals surface area contributed by atoms with Crippen molar-refractivity contribution in [1.29, 1.82) is 0 Å². The maximum Gasteiger partial charge on any atom is 0.242 e. The Balaban J connectivity index is 1.21. The van der Waals surface area contributed by atoms with Crippen LogP contribution in [0, 0.1) is 5.92 Å². The van der Waals surface area contributed by atoms with Gasteiger partial charge in [0.2, 0.25) is 5.91 Å². The van der Waals surface area contributed by atoms with Crippen LogP contribution in [0.4, 0.5) is 5.82 Å². The summed E-state index contributed by atoms with van der Waals surface area (Å²) < 4.78 is 25.6. The molecule has 1 saturated carbocycles. The van der Waals surface area contributed by atoms with Crippen molar-refractivity contribution in [3.8, 4) is 11.3 Å². The zero-order chi connectivity index (χ0) is 25.8. The largest absolute Gasteiger partial charge is 0.360 e. The lowest BCUT2D eigenvalue weighted by atomic mass is 9.87. The lowest BCUT2D eigenvalue weighted by Gasteiger charge is -2.35. The topological polar surface area (TPSA) is 99.9 Å². The van der Waals surface area contributed by atoms with Gasteiger partial charge in [0.25, 0.3) is 0 Å². The summed E-state index contributed by atoms with van der Waals surface area (Å²) in [5.41, 5.74) is 2.05. The molecule has 1 saturated heterocycles. The molecular formula is C27H36N6O3S. The first-order chi connectivity index (χ1) is 17.9. The average molecular weight is 525 g/mol. The second-order valence-electron chi connectivity index (χ2n) is 10.3. The Kier molecular flexibility index (Phi) is 7.76. The Bertz CT molecular complexity index is 1320. The molecule has 1 N–H and O–H groups in total. The number of anilines is 1. The lowest BCUT2D eigenvalue weighted by Crippen LogP contribution is -2.50. The molecule has 2 aromatic heterocycles. The maximum atomic E-state index is 13.1. The number of imidazole rings is 1. The van der Waals surface area contributed by atoms with Crippen LogP contribution in [-0.2, 0) is 14.6 Å². The smallest absolute Gasteiger partial charge is 0.242 e. The van der Waals surface area contributed by atoms with Crippen molar-refractivity contribution >= 4 is 27.2 Å². The molecule has 2 fully saturated rings. The van der Waals surface area contributed by atoms with E-state index in [4.69, 9.17) is 4.98 Å². The summed E-state index contributed by atoms with van der Waals surface area (Å²) in [5, 5.41) is 3.31. The molecule has 0 atom stereocenters. The number of rotatable bonds is 8. The van der Waals surface area contributed by atoms with E-state index in [1.807, 2.05) is 9.30 Å². The molecule has 198 valence electrons. The van der Waals surface area contributed by atoms with Gasteiger partial charge in [0.05, 0.1) is 17.6 Å². The quantitative estimate of drug-likeness (QED) is 0.483. The van der Waals surface area contributed by atoms with Gasteiger partial charge in [0, 0.05) is 50.4 Å². The molecule has 1 amide bonds. The summed E-state index contributed by atoms with van der Waals surface area (Å²) >= 11 is 0. The van der Waals surface area contributed by atoms with Crippen LogP contribution in [0.3, 0.4) is 0 Å². The van der Waals surface area contributed by atoms with E-state index in [9.17, 15) is 13.2 Å². The first-order valence-corrected chi connectivity index (χ1v) is 15.1. The van der Waals surface area contributed by atoms with Gasteiger partial charge >= 0.3 is 0 Å². The summed E-state index contributed by atoms with van der Waals surface area (Å²) in [6.45, 7) is 4.66. The summed E-state index contributed by atoms with van der Waals surface area (Å²) in [6, 6.07) is 6.64. The molecule has 5 rings (SSSR count). The second kappa shape index (κ2) is 11.2. The Hall–Kier alpha value is -2.98. The molecule has 1 aliphatic heterocycles. The number of nitrogens with zero attached hydrogens (tertiary/aromatic N) is 5. The van der Waals surface area contributed by atoms with Gasteiger partial charge in [-0.3, -0.25) is 19.1 Å². The van der Waals surface area contributed by atoms with Crippen molar-refractivity contribution < 1.29 is 13.2 Å². The number of fused-ring (bicyclic) bond motifs is 1. The first kappa shape index (κ1) is 25.7. The van der Waals surface area contributed by atoms with E-state index in [2.05, 4.69) is 15.2 Å². The van der Waals surface area contributed by atoms with E-state index in [0.29, 0.717) is 17.2 Å². The van der Waals surface area contributed by atoms with Crippen molar-refractivity contribution in [3.63, 3.8) is 0 Å². The van der Waals surface area contributed by atoms with Crippen LogP contribution in [0.5, 0.6) is 0 Å². The SMILES string of the molecule is CS(=O)(=O)c1ccc(-c2nc3cnccn3c2NCC(=O)N2CCN(CCC3CCCCC3)CC2)cc1. The van der Waals surface area contributed by atoms with Crippen LogP contribution in [0.1, 0.15) is 38.5 Å². The van der Waals surface area contributed by atoms with Crippen LogP contribution >= 0.6 is 0 Å². The monoisotopic (exact) mass is 524 g/mol. The van der Waals surface area contributed by atoms with Gasteiger partial charge in [-0.25, -0.2) is 13.4 Å². The fourth-order valence-corrected chi connectivity index (χ4v) is 6.10. The van der Waals surface area contributed by atoms with Gasteiger partial charge in [0.1, 0.15) is 11.5 Å². The first-order valence-electron chi connectivity index (χ1n) is 13.2. The number of aromatic nitrogens is 3. The molecule has 37 heavy (non-hydrogen) atoms. The van der Waals surface area contributed by atoms with Gasteiger partial charge in [0.15, 0.2) is 15.5 Å². The molecule has 3 aromatic rings. The molecule has 1 aliphatic carbocycles. The van der Waals surface area contributed by atoms with Crippen molar-refractivity contribution in [2.45, 2.75) is 43.4 Å². The van der Waals surface area contributed by atoms with Gasteiger partial charge in [-0.2, -0.15) is 0 Å². The predicted octanol–water partition coefficient (Wildman–Crippen LogP) is 3.33. The van der Waals surface area contributed by atoms with Crippen LogP contribution in [0.25, 0.3) is 16.9 Å². The highest BCUT2D eigenvalue weighted by atomic mass is 32.2.